The molecule has 1 rings (SSSR count). The van der Waals surface area contributed by atoms with Crippen molar-refractivity contribution in [2.75, 3.05) is 5.43 Å². The Balaban J connectivity index is 2.76. The molecule has 0 aliphatic heterocycles. The van der Waals surface area contributed by atoms with Gasteiger partial charge < -0.3 is 5.11 Å². The molecule has 0 saturated heterocycles. The molecule has 1 aromatic rings. The molecule has 5 nitrogen and oxygen atoms in total. The van der Waals surface area contributed by atoms with Crippen molar-refractivity contribution in [3.05, 3.63) is 28.7 Å². The Labute approximate surface area is 94.2 Å². The van der Waals surface area contributed by atoms with Gasteiger partial charge in [0.2, 0.25) is 5.71 Å². The van der Waals surface area contributed by atoms with Crippen LogP contribution < -0.4 is 5.43 Å². The van der Waals surface area contributed by atoms with Crippen molar-refractivity contribution in [1.29, 1.82) is 5.26 Å². The molecule has 76 valence electrons. The Morgan fingerprint density at radius 2 is 2.07 bits per heavy atom. The molecule has 0 amide bonds. The molecule has 0 saturated carbocycles. The van der Waals surface area contributed by atoms with Crippen LogP contribution in [0.25, 0.3) is 0 Å². The zero-order valence-electron chi connectivity index (χ0n) is 7.44. The fourth-order valence-corrected chi connectivity index (χ4v) is 1.03. The molecule has 0 bridgehead atoms. The highest BCUT2D eigenvalue weighted by Crippen LogP contribution is 2.13. The van der Waals surface area contributed by atoms with Gasteiger partial charge in [-0.3, -0.25) is 5.43 Å². The van der Waals surface area contributed by atoms with E-state index in [0.717, 1.165) is 4.47 Å². The SMILES string of the molecule is N#C/C(=N/Nc1ccc(Br)cc1)C(=O)O. The van der Waals surface area contributed by atoms with E-state index in [1.54, 1.807) is 24.3 Å². The number of anilines is 1. The second-order valence-corrected chi connectivity index (χ2v) is 3.41. The monoisotopic (exact) mass is 267 g/mol. The number of hydrazone groups is 1. The van der Waals surface area contributed by atoms with E-state index in [1.165, 1.54) is 6.07 Å². The summed E-state index contributed by atoms with van der Waals surface area (Å²) >= 11 is 3.25. The number of halogens is 1. The number of hydrogen-bond acceptors (Lipinski definition) is 4. The normalized spacial score (nSPS) is 10.5. The molecule has 0 radical (unpaired) electrons. The van der Waals surface area contributed by atoms with E-state index in [0.29, 0.717) is 5.69 Å². The maximum atomic E-state index is 10.4. The van der Waals surface area contributed by atoms with E-state index in [1.807, 2.05) is 0 Å². The number of nitrogens with zero attached hydrogens (tertiary/aromatic N) is 2. The molecule has 0 fully saturated rings. The van der Waals surface area contributed by atoms with Gasteiger partial charge in [-0.15, -0.1) is 0 Å². The summed E-state index contributed by atoms with van der Waals surface area (Å²) in [6.45, 7) is 0. The lowest BCUT2D eigenvalue weighted by Crippen LogP contribution is -2.12. The molecule has 15 heavy (non-hydrogen) atoms. The molecule has 0 heterocycles. The lowest BCUT2D eigenvalue weighted by molar-refractivity contribution is -0.129. The second kappa shape index (κ2) is 5.12. The summed E-state index contributed by atoms with van der Waals surface area (Å²) in [4.78, 5) is 10.4. The predicted molar refractivity (Wildman–Crippen MR) is 58.4 cm³/mol. The number of carboxylic acid groups (broad SMARTS) is 1. The van der Waals surface area contributed by atoms with Crippen LogP contribution in [-0.4, -0.2) is 16.8 Å². The van der Waals surface area contributed by atoms with E-state index >= 15 is 0 Å². The Morgan fingerprint density at radius 1 is 1.47 bits per heavy atom. The van der Waals surface area contributed by atoms with Crippen molar-refractivity contribution >= 4 is 33.3 Å². The fourth-order valence-electron chi connectivity index (χ4n) is 0.766. The zero-order chi connectivity index (χ0) is 11.3. The van der Waals surface area contributed by atoms with Crippen LogP contribution in [-0.2, 0) is 4.79 Å². The average molecular weight is 268 g/mol. The largest absolute Gasteiger partial charge is 0.476 e. The summed E-state index contributed by atoms with van der Waals surface area (Å²) < 4.78 is 0.899. The van der Waals surface area contributed by atoms with Crippen molar-refractivity contribution < 1.29 is 9.90 Å². The number of nitriles is 1. The minimum atomic E-state index is -1.36. The first-order chi connectivity index (χ1) is 7.13. The van der Waals surface area contributed by atoms with E-state index in [4.69, 9.17) is 10.4 Å². The van der Waals surface area contributed by atoms with E-state index in [2.05, 4.69) is 26.5 Å². The van der Waals surface area contributed by atoms with Gasteiger partial charge in [0.15, 0.2) is 0 Å². The van der Waals surface area contributed by atoms with Gasteiger partial charge in [-0.1, -0.05) is 15.9 Å². The molecule has 0 unspecified atom stereocenters. The molecule has 2 N–H and O–H groups in total. The molecular weight excluding hydrogens is 262 g/mol. The van der Waals surface area contributed by atoms with Crippen LogP contribution >= 0.6 is 15.9 Å². The van der Waals surface area contributed by atoms with Gasteiger partial charge in [-0.25, -0.2) is 4.79 Å². The molecule has 0 spiro atoms. The first-order valence-corrected chi connectivity index (χ1v) is 4.65. The van der Waals surface area contributed by atoms with Crippen LogP contribution in [0.2, 0.25) is 0 Å². The molecule has 6 heteroatoms. The Hall–Kier alpha value is -1.87. The molecule has 0 atom stereocenters. The fraction of sp³-hybridized carbons (Fsp3) is 0. The predicted octanol–water partition coefficient (Wildman–Crippen LogP) is 1.83. The van der Waals surface area contributed by atoms with Gasteiger partial charge in [0, 0.05) is 4.47 Å². The minimum absolute atomic E-state index is 0.585. The second-order valence-electron chi connectivity index (χ2n) is 2.50. The van der Waals surface area contributed by atoms with E-state index < -0.39 is 11.7 Å². The standard InChI is InChI=1S/C9H6BrN3O2/c10-6-1-3-7(4-2-6)12-13-8(5-11)9(14)15/h1-4,12H,(H,14,15)/b13-8-. The topological polar surface area (TPSA) is 85.5 Å². The number of carbonyl (C=O) groups is 1. The van der Waals surface area contributed by atoms with Crippen molar-refractivity contribution in [3.8, 4) is 6.07 Å². The third kappa shape index (κ3) is 3.40. The van der Waals surface area contributed by atoms with Gasteiger partial charge in [0.25, 0.3) is 0 Å². The van der Waals surface area contributed by atoms with Crippen LogP contribution in [0.15, 0.2) is 33.8 Å². The Morgan fingerprint density at radius 3 is 2.53 bits per heavy atom. The summed E-state index contributed by atoms with van der Waals surface area (Å²) in [7, 11) is 0. The molecule has 0 aliphatic rings. The first kappa shape index (κ1) is 11.2. The first-order valence-electron chi connectivity index (χ1n) is 3.86. The summed E-state index contributed by atoms with van der Waals surface area (Å²) in [6, 6.07) is 8.40. The van der Waals surface area contributed by atoms with E-state index in [9.17, 15) is 4.79 Å². The van der Waals surface area contributed by atoms with Gasteiger partial charge in [-0.2, -0.15) is 10.4 Å². The lowest BCUT2D eigenvalue weighted by Gasteiger charge is -1.99. The number of nitrogens with one attached hydrogen (secondary N) is 1. The Bertz CT molecular complexity index is 434. The van der Waals surface area contributed by atoms with Gasteiger partial charge in [-0.05, 0) is 24.3 Å². The third-order valence-corrected chi connectivity index (χ3v) is 1.98. The maximum absolute atomic E-state index is 10.4. The van der Waals surface area contributed by atoms with Crippen LogP contribution in [0.1, 0.15) is 0 Å². The highest BCUT2D eigenvalue weighted by Gasteiger charge is 2.06. The van der Waals surface area contributed by atoms with Crippen molar-refractivity contribution in [3.63, 3.8) is 0 Å². The van der Waals surface area contributed by atoms with E-state index in [-0.39, 0.29) is 0 Å². The van der Waals surface area contributed by atoms with Crippen molar-refractivity contribution in [2.24, 2.45) is 5.10 Å². The summed E-state index contributed by atoms with van der Waals surface area (Å²) in [5.74, 6) is -1.36. The quantitative estimate of drug-likeness (QED) is 0.646. The van der Waals surface area contributed by atoms with Crippen LogP contribution in [0.4, 0.5) is 5.69 Å². The van der Waals surface area contributed by atoms with Crippen molar-refractivity contribution in [1.82, 2.24) is 0 Å². The minimum Gasteiger partial charge on any atom is -0.476 e. The summed E-state index contributed by atoms with van der Waals surface area (Å²) in [5, 5.41) is 20.3. The van der Waals surface area contributed by atoms with Crippen LogP contribution in [0, 0.1) is 11.3 Å². The zero-order valence-corrected chi connectivity index (χ0v) is 9.02. The highest BCUT2D eigenvalue weighted by atomic mass is 79.9. The Kier molecular flexibility index (Phi) is 3.83. The molecular formula is C9H6BrN3O2. The molecule has 1 aromatic carbocycles. The van der Waals surface area contributed by atoms with Gasteiger partial charge in [0.05, 0.1) is 5.69 Å². The summed E-state index contributed by atoms with van der Waals surface area (Å²) in [6.07, 6.45) is 0. The number of aliphatic carboxylic acids is 1. The smallest absolute Gasteiger partial charge is 0.367 e. The van der Waals surface area contributed by atoms with Gasteiger partial charge in [0.1, 0.15) is 6.07 Å². The number of carboxylic acids is 1. The number of rotatable bonds is 3. The molecule has 0 aromatic heterocycles. The lowest BCUT2D eigenvalue weighted by atomic mass is 10.3. The van der Waals surface area contributed by atoms with Gasteiger partial charge >= 0.3 is 5.97 Å². The summed E-state index contributed by atoms with van der Waals surface area (Å²) in [5.41, 5.74) is 2.49. The van der Waals surface area contributed by atoms with Crippen LogP contribution in [0.5, 0.6) is 0 Å². The third-order valence-electron chi connectivity index (χ3n) is 1.45. The molecule has 0 aliphatic carbocycles. The van der Waals surface area contributed by atoms with Crippen LogP contribution in [0.3, 0.4) is 0 Å². The highest BCUT2D eigenvalue weighted by molar-refractivity contribution is 9.10. The number of benzene rings is 1. The number of hydrogen-bond donors (Lipinski definition) is 2. The van der Waals surface area contributed by atoms with Crippen molar-refractivity contribution in [2.45, 2.75) is 0 Å². The maximum Gasteiger partial charge on any atom is 0.367 e. The average Bonchev–Trinajstić information content (AvgIpc) is 2.21.